The fraction of sp³-hybridized carbons (Fsp3) is 0.190. The Labute approximate surface area is 137 Å². The molecule has 110 valence electrons. The first kappa shape index (κ1) is 13.1. The quantitative estimate of drug-likeness (QED) is 0.398. The average molecular weight is 295 g/mol. The molecule has 0 saturated heterocycles. The molecule has 3 heterocycles. The summed E-state index contributed by atoms with van der Waals surface area (Å²) in [6.45, 7) is 4.91. The molecular formula is C21H18BN. The van der Waals surface area contributed by atoms with Crippen molar-refractivity contribution in [2.75, 3.05) is 0 Å². The average Bonchev–Trinajstić information content (AvgIpc) is 2.55. The van der Waals surface area contributed by atoms with Crippen molar-refractivity contribution in [3.63, 3.8) is 0 Å². The number of nitrogens with zero attached hydrogens (tertiary/aromatic N) is 1. The van der Waals surface area contributed by atoms with Gasteiger partial charge in [-0.05, 0) is 48.9 Å². The van der Waals surface area contributed by atoms with Crippen LogP contribution in [0.5, 0.6) is 0 Å². The van der Waals surface area contributed by atoms with E-state index in [1.54, 1.807) is 0 Å². The van der Waals surface area contributed by atoms with Crippen molar-refractivity contribution in [3.05, 3.63) is 82.2 Å². The predicted octanol–water partition coefficient (Wildman–Crippen LogP) is 2.02. The van der Waals surface area contributed by atoms with Gasteiger partial charge < -0.3 is 0 Å². The fourth-order valence-electron chi connectivity index (χ4n) is 4.68. The van der Waals surface area contributed by atoms with Crippen LogP contribution in [0, 0.1) is 13.8 Å². The Kier molecular flexibility index (Phi) is 2.61. The zero-order valence-corrected chi connectivity index (χ0v) is 13.6. The van der Waals surface area contributed by atoms with Crippen LogP contribution in [0.25, 0.3) is 0 Å². The Hall–Kier alpha value is -2.35. The van der Waals surface area contributed by atoms with Crippen LogP contribution in [-0.4, -0.2) is 11.7 Å². The van der Waals surface area contributed by atoms with Crippen LogP contribution in [0.15, 0.2) is 48.8 Å². The summed E-state index contributed by atoms with van der Waals surface area (Å²) in [4.78, 5) is 4.53. The lowest BCUT2D eigenvalue weighted by atomic mass is 9.29. The molecule has 0 amide bonds. The van der Waals surface area contributed by atoms with Crippen molar-refractivity contribution in [2.45, 2.75) is 26.7 Å². The van der Waals surface area contributed by atoms with E-state index in [9.17, 15) is 0 Å². The van der Waals surface area contributed by atoms with Crippen LogP contribution in [0.1, 0.15) is 33.4 Å². The summed E-state index contributed by atoms with van der Waals surface area (Å²) in [5.74, 6) is 0. The van der Waals surface area contributed by atoms with Gasteiger partial charge in [0.15, 0.2) is 0 Å². The van der Waals surface area contributed by atoms with Crippen LogP contribution in [0.4, 0.5) is 0 Å². The molecule has 0 radical (unpaired) electrons. The van der Waals surface area contributed by atoms with Gasteiger partial charge in [0.2, 0.25) is 6.71 Å². The van der Waals surface area contributed by atoms with Gasteiger partial charge in [0, 0.05) is 12.4 Å². The number of rotatable bonds is 0. The van der Waals surface area contributed by atoms with Crippen molar-refractivity contribution < 1.29 is 0 Å². The van der Waals surface area contributed by atoms with Crippen molar-refractivity contribution in [2.24, 2.45) is 0 Å². The number of hydrogen-bond donors (Lipinski definition) is 0. The molecule has 0 fully saturated rings. The van der Waals surface area contributed by atoms with E-state index >= 15 is 0 Å². The van der Waals surface area contributed by atoms with E-state index in [-0.39, 0.29) is 0 Å². The molecule has 0 saturated carbocycles. The molecule has 0 N–H and O–H groups in total. The number of pyridine rings is 1. The Morgan fingerprint density at radius 3 is 1.74 bits per heavy atom. The molecular weight excluding hydrogens is 277 g/mol. The SMILES string of the molecule is Cc1cccc2c1B1c3c(C)cccc3Cc3cncc(c31)C2. The summed E-state index contributed by atoms with van der Waals surface area (Å²) in [5, 5.41) is 0. The van der Waals surface area contributed by atoms with Gasteiger partial charge in [-0.1, -0.05) is 63.9 Å². The van der Waals surface area contributed by atoms with Gasteiger partial charge in [-0.3, -0.25) is 4.98 Å². The van der Waals surface area contributed by atoms with E-state index in [2.05, 4.69) is 67.6 Å². The largest absolute Gasteiger partial charge is 0.264 e. The summed E-state index contributed by atoms with van der Waals surface area (Å²) in [6.07, 6.45) is 6.20. The molecule has 2 aromatic carbocycles. The molecule has 1 nitrogen and oxygen atoms in total. The molecule has 5 rings (SSSR count). The molecule has 0 atom stereocenters. The fourth-order valence-corrected chi connectivity index (χ4v) is 4.68. The second kappa shape index (κ2) is 4.58. The van der Waals surface area contributed by atoms with E-state index in [1.165, 1.54) is 49.8 Å². The first-order valence-electron chi connectivity index (χ1n) is 8.36. The van der Waals surface area contributed by atoms with Gasteiger partial charge in [0.1, 0.15) is 0 Å². The van der Waals surface area contributed by atoms with Crippen LogP contribution >= 0.6 is 0 Å². The minimum absolute atomic E-state index is 0.387. The Bertz CT molecular complexity index is 852. The van der Waals surface area contributed by atoms with Gasteiger partial charge in [0.05, 0.1) is 0 Å². The zero-order chi connectivity index (χ0) is 15.6. The molecule has 2 heteroatoms. The molecule has 2 aliphatic heterocycles. The van der Waals surface area contributed by atoms with E-state index < -0.39 is 0 Å². The molecule has 0 bridgehead atoms. The summed E-state index contributed by atoms with van der Waals surface area (Å²) in [7, 11) is 0. The number of fused-ring (bicyclic) bond motifs is 4. The van der Waals surface area contributed by atoms with Crippen LogP contribution in [0.3, 0.4) is 0 Å². The number of hydrogen-bond acceptors (Lipinski definition) is 1. The highest BCUT2D eigenvalue weighted by Crippen LogP contribution is 2.23. The summed E-state index contributed by atoms with van der Waals surface area (Å²) >= 11 is 0. The van der Waals surface area contributed by atoms with Crippen molar-refractivity contribution in [1.29, 1.82) is 0 Å². The van der Waals surface area contributed by atoms with Gasteiger partial charge in [0.25, 0.3) is 0 Å². The monoisotopic (exact) mass is 295 g/mol. The lowest BCUT2D eigenvalue weighted by molar-refractivity contribution is 1.09. The maximum absolute atomic E-state index is 4.53. The second-order valence-electron chi connectivity index (χ2n) is 6.95. The Balaban J connectivity index is 1.91. The maximum Gasteiger partial charge on any atom is 0.243 e. The van der Waals surface area contributed by atoms with E-state index in [4.69, 9.17) is 0 Å². The minimum atomic E-state index is 0.387. The normalized spacial score (nSPS) is 14.1. The standard InChI is InChI=1S/C21H18BN/c1-13-5-3-7-15-9-17-11-23-12-18-10-16-8-4-6-14(2)20(16)22(19(13)15)21(17)18/h3-8,11-12H,9-10H2,1-2H3. The molecule has 3 aromatic rings. The predicted molar refractivity (Wildman–Crippen MR) is 96.9 cm³/mol. The van der Waals surface area contributed by atoms with Crippen LogP contribution in [-0.2, 0) is 12.8 Å². The van der Waals surface area contributed by atoms with Gasteiger partial charge in [-0.25, -0.2) is 0 Å². The lowest BCUT2D eigenvalue weighted by Crippen LogP contribution is -2.62. The first-order chi connectivity index (χ1) is 11.2. The number of aromatic nitrogens is 1. The van der Waals surface area contributed by atoms with Gasteiger partial charge in [-0.15, -0.1) is 0 Å². The zero-order valence-electron chi connectivity index (χ0n) is 13.6. The first-order valence-corrected chi connectivity index (χ1v) is 8.36. The Morgan fingerprint density at radius 2 is 1.22 bits per heavy atom. The van der Waals surface area contributed by atoms with E-state index in [1.807, 2.05) is 0 Å². The smallest absolute Gasteiger partial charge is 0.243 e. The highest BCUT2D eigenvalue weighted by Gasteiger charge is 2.38. The van der Waals surface area contributed by atoms with Gasteiger partial charge in [-0.2, -0.15) is 0 Å². The van der Waals surface area contributed by atoms with Crippen molar-refractivity contribution >= 4 is 23.1 Å². The second-order valence-corrected chi connectivity index (χ2v) is 6.95. The summed E-state index contributed by atoms with van der Waals surface area (Å²) in [5.41, 5.74) is 13.2. The third-order valence-corrected chi connectivity index (χ3v) is 5.61. The third-order valence-electron chi connectivity index (χ3n) is 5.61. The molecule has 23 heavy (non-hydrogen) atoms. The highest BCUT2D eigenvalue weighted by atomic mass is 14.6. The van der Waals surface area contributed by atoms with E-state index in [0.717, 1.165) is 12.8 Å². The number of benzene rings is 2. The van der Waals surface area contributed by atoms with Gasteiger partial charge >= 0.3 is 0 Å². The molecule has 0 aliphatic carbocycles. The minimum Gasteiger partial charge on any atom is -0.264 e. The summed E-state index contributed by atoms with van der Waals surface area (Å²) < 4.78 is 0. The molecule has 1 aromatic heterocycles. The van der Waals surface area contributed by atoms with Crippen molar-refractivity contribution in [3.8, 4) is 0 Å². The summed E-state index contributed by atoms with van der Waals surface area (Å²) in [6, 6.07) is 13.5. The third kappa shape index (κ3) is 1.72. The number of aryl methyl sites for hydroxylation is 2. The highest BCUT2D eigenvalue weighted by molar-refractivity contribution is 6.97. The molecule has 0 unspecified atom stereocenters. The molecule has 2 aliphatic rings. The van der Waals surface area contributed by atoms with Crippen LogP contribution in [0.2, 0.25) is 0 Å². The topological polar surface area (TPSA) is 12.9 Å². The van der Waals surface area contributed by atoms with E-state index in [0.29, 0.717) is 6.71 Å². The van der Waals surface area contributed by atoms with Crippen molar-refractivity contribution in [1.82, 2.24) is 4.98 Å². The Morgan fingerprint density at radius 1 is 0.696 bits per heavy atom. The molecule has 0 spiro atoms. The lowest BCUT2D eigenvalue weighted by Gasteiger charge is -2.35. The van der Waals surface area contributed by atoms with Crippen LogP contribution < -0.4 is 16.4 Å². The maximum atomic E-state index is 4.53.